The summed E-state index contributed by atoms with van der Waals surface area (Å²) >= 11 is 0. The standard InChI is InChI=1S/C72H93N17O18/c1-38(2)28-55(71(106)107)86-67(102)54(33-59(74)93)85-63(98)50(24-25-60(94)95)81-66(101)53(32-42-35-79-48-17-9-7-15-45(42)48)84-65(100)52(29-39-12-4-3-5-13-39)83-68(103)56(36-90)87-69(104)58-19-11-27-89(58)70(105)57(37-91)88-62(97)49(18-10-26-77-72(75)76)80-64(99)51(30-40-20-22-43(92)23-21-40)82-61(96)46(73)31-41-34-78-47-16-8-6-14-44(41)47/h3-9,12-17,20-23,34-35,38,46,49-58,78-79,90-92H,10-11,18-19,24-33,36-37,73H2,1-2H3,(H2,74,93)(H,80,99)(H,81,101)(H,82,96)(H,83,103)(H,84,100)(H,85,98)(H,86,102)(H,87,104)(H,88,97)(H,94,95)(H,106,107)(H4,75,76,77)/t46-,49-,50-,51-,52-,53-,54-,55-,56-,57-,58-/m0/s1. The van der Waals surface area contributed by atoms with Crippen molar-refractivity contribution in [1.29, 1.82) is 5.41 Å². The van der Waals surface area contributed by atoms with Crippen molar-refractivity contribution in [1.82, 2.24) is 68.0 Å². The van der Waals surface area contributed by atoms with Crippen molar-refractivity contribution < 1.29 is 87.9 Å². The normalized spacial score (nSPS) is 15.5. The summed E-state index contributed by atoms with van der Waals surface area (Å²) in [6.45, 7) is 1.17. The molecule has 4 aromatic carbocycles. The molecule has 35 heteroatoms. The number of aliphatic hydroxyl groups is 2. The van der Waals surface area contributed by atoms with Gasteiger partial charge in [-0.3, -0.25) is 62.9 Å². The lowest BCUT2D eigenvalue weighted by Crippen LogP contribution is -2.61. The smallest absolute Gasteiger partial charge is 0.326 e. The number of likely N-dealkylation sites (tertiary alicyclic amines) is 1. The Balaban J connectivity index is 1.07. The van der Waals surface area contributed by atoms with Gasteiger partial charge in [0.25, 0.3) is 0 Å². The van der Waals surface area contributed by atoms with Crippen LogP contribution < -0.4 is 70.4 Å². The van der Waals surface area contributed by atoms with Gasteiger partial charge in [-0.2, -0.15) is 0 Å². The summed E-state index contributed by atoms with van der Waals surface area (Å²) in [5, 5.41) is 85.1. The predicted molar refractivity (Wildman–Crippen MR) is 387 cm³/mol. The summed E-state index contributed by atoms with van der Waals surface area (Å²) in [5.74, 6) is -14.8. The maximum absolute atomic E-state index is 14.9. The highest BCUT2D eigenvalue weighted by Crippen LogP contribution is 2.23. The second-order valence-electron chi connectivity index (χ2n) is 26.5. The molecule has 1 aliphatic rings. The molecule has 7 rings (SSSR count). The number of amides is 11. The minimum Gasteiger partial charge on any atom is -0.508 e. The van der Waals surface area contributed by atoms with Crippen molar-refractivity contribution in [2.24, 2.45) is 23.1 Å². The molecule has 24 N–H and O–H groups in total. The van der Waals surface area contributed by atoms with Gasteiger partial charge in [-0.15, -0.1) is 0 Å². The number of carboxylic acids is 2. The van der Waals surface area contributed by atoms with Crippen molar-refractivity contribution >= 4 is 105 Å². The average Bonchev–Trinajstić information content (AvgIpc) is 1.73. The molecular formula is C72H93N17O18. The van der Waals surface area contributed by atoms with E-state index >= 15 is 0 Å². The van der Waals surface area contributed by atoms with E-state index in [2.05, 4.69) is 63.1 Å². The molecule has 11 atom stereocenters. The largest absolute Gasteiger partial charge is 0.508 e. The van der Waals surface area contributed by atoms with E-state index in [-0.39, 0.29) is 82.5 Å². The van der Waals surface area contributed by atoms with Crippen LogP contribution in [0.1, 0.15) is 87.5 Å². The van der Waals surface area contributed by atoms with Gasteiger partial charge in [0.1, 0.15) is 66.2 Å². The van der Waals surface area contributed by atoms with E-state index in [0.29, 0.717) is 27.6 Å². The fourth-order valence-corrected chi connectivity index (χ4v) is 12.3. The highest BCUT2D eigenvalue weighted by Gasteiger charge is 2.41. The van der Waals surface area contributed by atoms with E-state index in [1.54, 1.807) is 80.8 Å². The number of carboxylic acid groups (broad SMARTS) is 2. The molecule has 1 aliphatic heterocycles. The number of hydrogen-bond acceptors (Lipinski definition) is 18. The molecule has 0 radical (unpaired) electrons. The average molecular weight is 1480 g/mol. The summed E-state index contributed by atoms with van der Waals surface area (Å²) in [6.07, 6.45) is 0.330. The van der Waals surface area contributed by atoms with Crippen LogP contribution in [0.25, 0.3) is 21.8 Å². The number of carbonyl (C=O) groups is 13. The lowest BCUT2D eigenvalue weighted by atomic mass is 10.0. The summed E-state index contributed by atoms with van der Waals surface area (Å²) in [4.78, 5) is 187. The van der Waals surface area contributed by atoms with Crippen LogP contribution in [0.5, 0.6) is 5.75 Å². The number of para-hydroxylation sites is 2. The van der Waals surface area contributed by atoms with Gasteiger partial charge in [0.15, 0.2) is 5.96 Å². The van der Waals surface area contributed by atoms with E-state index in [4.69, 9.17) is 22.6 Å². The third kappa shape index (κ3) is 24.6. The Kier molecular flexibility index (Phi) is 30.6. The van der Waals surface area contributed by atoms with Crippen molar-refractivity contribution in [3.8, 4) is 5.75 Å². The van der Waals surface area contributed by atoms with Gasteiger partial charge >= 0.3 is 11.9 Å². The first kappa shape index (κ1) is 82.3. The molecular weight excluding hydrogens is 1390 g/mol. The first-order valence-corrected chi connectivity index (χ1v) is 34.8. The number of phenols is 1. The van der Waals surface area contributed by atoms with Gasteiger partial charge in [0.2, 0.25) is 65.0 Å². The number of H-pyrrole nitrogens is 2. The number of aliphatic hydroxyl groups excluding tert-OH is 2. The van der Waals surface area contributed by atoms with Crippen LogP contribution in [0.4, 0.5) is 0 Å². The fraction of sp³-hybridized carbons (Fsp3) is 0.417. The first-order chi connectivity index (χ1) is 51.0. The molecule has 35 nitrogen and oxygen atoms in total. The Labute approximate surface area is 613 Å². The highest BCUT2D eigenvalue weighted by molar-refractivity contribution is 6.00. The Hall–Kier alpha value is -12.0. The lowest BCUT2D eigenvalue weighted by Gasteiger charge is -2.30. The van der Waals surface area contributed by atoms with Crippen LogP contribution in [0.2, 0.25) is 0 Å². The van der Waals surface area contributed by atoms with Crippen molar-refractivity contribution in [3.63, 3.8) is 0 Å². The van der Waals surface area contributed by atoms with Crippen LogP contribution in [0.3, 0.4) is 0 Å². The minimum absolute atomic E-state index is 0.0302. The van der Waals surface area contributed by atoms with Crippen LogP contribution in [0, 0.1) is 11.3 Å². The Morgan fingerprint density at radius 3 is 1.52 bits per heavy atom. The van der Waals surface area contributed by atoms with E-state index < -0.39 is 182 Å². The number of hydrogen-bond donors (Lipinski definition) is 21. The van der Waals surface area contributed by atoms with Crippen LogP contribution in [0.15, 0.2) is 116 Å². The number of aliphatic carboxylic acids is 2. The number of aromatic hydroxyl groups is 1. The number of carbonyl (C=O) groups excluding carboxylic acids is 11. The molecule has 0 bridgehead atoms. The predicted octanol–water partition coefficient (Wildman–Crippen LogP) is -2.57. The maximum atomic E-state index is 14.9. The van der Waals surface area contributed by atoms with Gasteiger partial charge < -0.3 is 111 Å². The number of primary amides is 1. The van der Waals surface area contributed by atoms with Gasteiger partial charge in [0.05, 0.1) is 25.7 Å². The van der Waals surface area contributed by atoms with Gasteiger partial charge in [0, 0.05) is 73.0 Å². The zero-order valence-corrected chi connectivity index (χ0v) is 58.9. The molecule has 0 aliphatic carbocycles. The van der Waals surface area contributed by atoms with E-state index in [1.807, 2.05) is 24.3 Å². The van der Waals surface area contributed by atoms with Crippen LogP contribution in [-0.2, 0) is 88.0 Å². The lowest BCUT2D eigenvalue weighted by molar-refractivity contribution is -0.143. The molecule has 11 amide bonds. The van der Waals surface area contributed by atoms with E-state index in [1.165, 1.54) is 24.3 Å². The topological polar surface area (TPSA) is 580 Å². The van der Waals surface area contributed by atoms with Crippen molar-refractivity contribution in [2.45, 2.75) is 157 Å². The summed E-state index contributed by atoms with van der Waals surface area (Å²) in [5.41, 5.74) is 20.9. The summed E-state index contributed by atoms with van der Waals surface area (Å²) < 4.78 is 0. The van der Waals surface area contributed by atoms with Gasteiger partial charge in [-0.1, -0.05) is 92.7 Å². The number of phenolic OH excluding ortho intramolecular Hbond substituents is 1. The number of aromatic nitrogens is 2. The summed E-state index contributed by atoms with van der Waals surface area (Å²) in [7, 11) is 0. The Morgan fingerprint density at radius 2 is 0.991 bits per heavy atom. The number of nitrogens with one attached hydrogen (secondary N) is 13. The Morgan fingerprint density at radius 1 is 0.533 bits per heavy atom. The Bertz CT molecular complexity index is 4150. The molecule has 107 heavy (non-hydrogen) atoms. The second-order valence-corrected chi connectivity index (χ2v) is 26.5. The molecule has 1 fully saturated rings. The molecule has 3 heterocycles. The molecule has 0 spiro atoms. The molecule has 0 saturated carbocycles. The number of aromatic amines is 2. The summed E-state index contributed by atoms with van der Waals surface area (Å²) in [6, 6.07) is 10.7. The number of nitrogens with zero attached hydrogens (tertiary/aromatic N) is 1. The van der Waals surface area contributed by atoms with Crippen LogP contribution >= 0.6 is 0 Å². The zero-order chi connectivity index (χ0) is 78.0. The number of rotatable bonds is 41. The number of benzene rings is 4. The molecule has 6 aromatic rings. The van der Waals surface area contributed by atoms with Gasteiger partial charge in [-0.05, 0) is 97.4 Å². The van der Waals surface area contributed by atoms with E-state index in [0.717, 1.165) is 21.4 Å². The third-order valence-electron chi connectivity index (χ3n) is 17.8. The second kappa shape index (κ2) is 39.8. The first-order valence-electron chi connectivity index (χ1n) is 34.8. The highest BCUT2D eigenvalue weighted by atomic mass is 16.4. The third-order valence-corrected chi connectivity index (χ3v) is 17.8. The SMILES string of the molecule is CC(C)C[C@H](NC(=O)[C@H](CC(N)=O)NC(=O)[C@H](CCC(=O)O)NC(=O)[C@H](Cc1c[nH]c2ccccc12)NC(=O)[C@H](Cc1ccccc1)NC(=O)[C@H](CO)NC(=O)[C@@H]1CCCN1C(=O)[C@H](CO)NC(=O)[C@H](CCCNC(=N)N)NC(=O)[C@H](Cc1ccc(O)cc1)NC(=O)[C@@H](N)Cc1c[nH]c2ccccc12)C(=O)O. The molecule has 2 aromatic heterocycles. The minimum atomic E-state index is -1.84. The van der Waals surface area contributed by atoms with Crippen LogP contribution in [-0.4, -0.2) is 216 Å². The van der Waals surface area contributed by atoms with Crippen molar-refractivity contribution in [2.75, 3.05) is 26.3 Å². The van der Waals surface area contributed by atoms with Gasteiger partial charge in [-0.25, -0.2) is 4.79 Å². The number of guanidine groups is 1. The molecule has 1 saturated heterocycles. The quantitative estimate of drug-likeness (QED) is 0.0107. The molecule has 0 unspecified atom stereocenters. The van der Waals surface area contributed by atoms with Crippen molar-refractivity contribution in [3.05, 3.63) is 138 Å². The number of fused-ring (bicyclic) bond motifs is 2. The maximum Gasteiger partial charge on any atom is 0.326 e. The zero-order valence-electron chi connectivity index (χ0n) is 58.9. The number of nitrogens with two attached hydrogens (primary N) is 3. The fourth-order valence-electron chi connectivity index (χ4n) is 12.3. The monoisotopic (exact) mass is 1480 g/mol. The molecule has 574 valence electrons. The van der Waals surface area contributed by atoms with E-state index in [9.17, 15) is 87.9 Å².